The molecular formula is C10H22MoN2S4. The van der Waals surface area contributed by atoms with E-state index in [0.717, 1.165) is 0 Å². The quantitative estimate of drug-likeness (QED) is 0.313. The Hall–Kier alpha value is 0.908. The molecule has 4 N–H and O–H groups in total. The Kier molecular flexibility index (Phi) is 30.0. The van der Waals surface area contributed by atoms with Gasteiger partial charge in [0.15, 0.2) is 0 Å². The van der Waals surface area contributed by atoms with Crippen molar-refractivity contribution in [3.05, 3.63) is 0 Å². The van der Waals surface area contributed by atoms with E-state index in [0.29, 0.717) is 18.6 Å². The first-order valence-electron chi connectivity index (χ1n) is 5.39. The van der Waals surface area contributed by atoms with Crippen molar-refractivity contribution in [1.82, 2.24) is 0 Å². The zero-order valence-electron chi connectivity index (χ0n) is 10.4. The predicted molar refractivity (Wildman–Crippen MR) is 87.7 cm³/mol. The van der Waals surface area contributed by atoms with E-state index in [9.17, 15) is 0 Å². The molecule has 0 amide bonds. The Morgan fingerprint density at radius 1 is 0.941 bits per heavy atom. The van der Waals surface area contributed by atoms with Gasteiger partial charge in [0.25, 0.3) is 0 Å². The van der Waals surface area contributed by atoms with Crippen molar-refractivity contribution < 1.29 is 18.6 Å². The summed E-state index contributed by atoms with van der Waals surface area (Å²) in [6.07, 6.45) is 5.78. The number of nitrogens with two attached hydrogens (primary N) is 2. The first-order valence-corrected chi connectivity index (χ1v) is 9.86. The molecule has 0 saturated heterocycles. The van der Waals surface area contributed by atoms with E-state index in [-0.39, 0.29) is 8.64 Å². The first-order chi connectivity index (χ1) is 7.88. The maximum absolute atomic E-state index is 4.66. The van der Waals surface area contributed by atoms with Crippen molar-refractivity contribution in [2.45, 2.75) is 49.2 Å². The van der Waals surface area contributed by atoms with Crippen LogP contribution in [0, 0.1) is 0 Å². The second-order valence-electron chi connectivity index (χ2n) is 2.96. The summed E-state index contributed by atoms with van der Waals surface area (Å²) in [6.45, 7) is 4.57. The van der Waals surface area contributed by atoms with Crippen LogP contribution < -0.4 is 11.5 Å². The standard InChI is InChI=1S/2C4H9.2CH3NS2.Mo/c2*1-3-4-2;2*2-1(3)4;/h2*1,3-4H2,2H3;2*(H3,2,3,4);/q;;;;+2/p-2. The smallest absolute Gasteiger partial charge is 0.0708 e. The fourth-order valence-corrected chi connectivity index (χ4v) is 3.52. The Balaban J connectivity index is -0.000000205. The van der Waals surface area contributed by atoms with E-state index in [1.54, 1.807) is 9.62 Å². The molecule has 0 rings (SSSR count). The van der Waals surface area contributed by atoms with Gasteiger partial charge in [0.2, 0.25) is 0 Å². The summed E-state index contributed by atoms with van der Waals surface area (Å²) >= 11 is 17.0. The van der Waals surface area contributed by atoms with Gasteiger partial charge in [0.1, 0.15) is 0 Å². The minimum Gasteiger partial charge on any atom is -0.415 e. The van der Waals surface area contributed by atoms with Crippen LogP contribution in [0.2, 0.25) is 9.62 Å². The molecule has 0 fully saturated rings. The van der Waals surface area contributed by atoms with Gasteiger partial charge in [-0.25, -0.2) is 0 Å². The predicted octanol–water partition coefficient (Wildman–Crippen LogP) is 3.06. The third-order valence-corrected chi connectivity index (χ3v) is 4.12. The summed E-state index contributed by atoms with van der Waals surface area (Å²) in [6, 6.07) is 0. The van der Waals surface area contributed by atoms with Gasteiger partial charge < -0.3 is 61.2 Å². The molecule has 2 nitrogen and oxygen atoms in total. The minimum absolute atomic E-state index is 0.0833. The third-order valence-electron chi connectivity index (χ3n) is 1.28. The largest absolute Gasteiger partial charge is 0.415 e. The van der Waals surface area contributed by atoms with Crippen molar-refractivity contribution in [3.8, 4) is 0 Å². The number of hydrogen-bond donors (Lipinski definition) is 2. The molecule has 0 radical (unpaired) electrons. The van der Waals surface area contributed by atoms with Gasteiger partial charge >= 0.3 is 67.7 Å². The van der Waals surface area contributed by atoms with Crippen molar-refractivity contribution in [2.75, 3.05) is 0 Å². The molecule has 0 aliphatic rings. The average molecular weight is 395 g/mol. The number of hydrogen-bond acceptors (Lipinski definition) is 4. The second-order valence-corrected chi connectivity index (χ2v) is 8.24. The molecule has 0 spiro atoms. The van der Waals surface area contributed by atoms with Gasteiger partial charge in [-0.15, -0.1) is 0 Å². The Bertz CT molecular complexity index is 154. The summed E-state index contributed by atoms with van der Waals surface area (Å²) in [5, 5.41) is 0. The summed E-state index contributed by atoms with van der Waals surface area (Å²) < 4.78 is 0.167. The molecule has 0 heterocycles. The number of thiocarbonyl (C=S) groups is 2. The van der Waals surface area contributed by atoms with E-state index in [1.807, 2.05) is 0 Å². The monoisotopic (exact) mass is 396 g/mol. The molecule has 0 saturated carbocycles. The van der Waals surface area contributed by atoms with E-state index in [1.165, 1.54) is 25.7 Å². The summed E-state index contributed by atoms with van der Waals surface area (Å²) in [4.78, 5) is 3.17. The molecule has 0 aliphatic heterocycles. The molecular weight excluding hydrogens is 372 g/mol. The maximum atomic E-state index is 4.66. The van der Waals surface area contributed by atoms with Crippen molar-refractivity contribution >= 4 is 58.3 Å². The van der Waals surface area contributed by atoms with Crippen molar-refractivity contribution in [3.63, 3.8) is 0 Å². The van der Waals surface area contributed by atoms with Crippen LogP contribution in [0.4, 0.5) is 0 Å². The minimum atomic E-state index is 0.0833. The van der Waals surface area contributed by atoms with E-state index < -0.39 is 0 Å². The fourth-order valence-electron chi connectivity index (χ4n) is 0.595. The van der Waals surface area contributed by atoms with Gasteiger partial charge in [0.05, 0.1) is 0 Å². The number of unbranched alkanes of at least 4 members (excludes halogenated alkanes) is 2. The molecule has 0 bridgehead atoms. The van der Waals surface area contributed by atoms with Gasteiger partial charge in [-0.3, -0.25) is 0 Å². The van der Waals surface area contributed by atoms with Gasteiger partial charge in [-0.05, 0) is 0 Å². The maximum Gasteiger partial charge on any atom is -0.0708 e. The van der Waals surface area contributed by atoms with Crippen LogP contribution in [-0.2, 0) is 43.8 Å². The normalized spacial score (nSPS) is 7.88. The second kappa shape index (κ2) is 22.1. The zero-order valence-corrected chi connectivity index (χ0v) is 15.7. The van der Waals surface area contributed by atoms with Crippen LogP contribution >= 0.6 is 24.4 Å². The van der Waals surface area contributed by atoms with Gasteiger partial charge in [0, 0.05) is 0 Å². The van der Waals surface area contributed by atoms with Gasteiger partial charge in [-0.1, -0.05) is 8.64 Å². The van der Waals surface area contributed by atoms with Crippen LogP contribution in [-0.4, -0.2) is 8.64 Å². The number of rotatable bonds is 6. The Labute approximate surface area is 136 Å². The van der Waals surface area contributed by atoms with Crippen LogP contribution in [0.3, 0.4) is 0 Å². The van der Waals surface area contributed by atoms with Crippen LogP contribution in [0.25, 0.3) is 0 Å². The van der Waals surface area contributed by atoms with E-state index >= 15 is 0 Å². The molecule has 0 atom stereocenters. The zero-order chi connectivity index (χ0) is 14.1. The molecule has 102 valence electrons. The molecule has 17 heavy (non-hydrogen) atoms. The fraction of sp³-hybridized carbons (Fsp3) is 0.800. The molecule has 0 aromatic heterocycles. The van der Waals surface area contributed by atoms with Crippen LogP contribution in [0.15, 0.2) is 0 Å². The SMILES string of the molecule is CCC[CH2][Mo+2][CH2]CCC.NC(=S)[S-].NC(=S)[S-]. The first kappa shape index (κ1) is 23.0. The molecule has 0 unspecified atom stereocenters. The summed E-state index contributed by atoms with van der Waals surface area (Å²) in [5.74, 6) is 0. The summed E-state index contributed by atoms with van der Waals surface area (Å²) in [7, 11) is 0. The Morgan fingerprint density at radius 3 is 1.35 bits per heavy atom. The van der Waals surface area contributed by atoms with Crippen LogP contribution in [0.1, 0.15) is 39.5 Å². The van der Waals surface area contributed by atoms with Crippen molar-refractivity contribution in [2.24, 2.45) is 11.5 Å². The van der Waals surface area contributed by atoms with E-state index in [2.05, 4.69) is 75.0 Å². The molecule has 0 aliphatic carbocycles. The van der Waals surface area contributed by atoms with Gasteiger partial charge in [-0.2, -0.15) is 0 Å². The van der Waals surface area contributed by atoms with E-state index in [4.69, 9.17) is 0 Å². The molecule has 0 aromatic rings. The topological polar surface area (TPSA) is 52.0 Å². The molecule has 0 aromatic carbocycles. The van der Waals surface area contributed by atoms with Crippen molar-refractivity contribution in [1.29, 1.82) is 0 Å². The van der Waals surface area contributed by atoms with Crippen LogP contribution in [0.5, 0.6) is 0 Å². The summed E-state index contributed by atoms with van der Waals surface area (Å²) in [5.41, 5.74) is 9.31. The third kappa shape index (κ3) is 78.7. The average Bonchev–Trinajstić information content (AvgIpc) is 2.16. The molecule has 7 heteroatoms. The Morgan fingerprint density at radius 2 is 1.18 bits per heavy atom.